The Morgan fingerprint density at radius 1 is 1.17 bits per heavy atom. The third-order valence-electron chi connectivity index (χ3n) is 5.42. The Kier molecular flexibility index (Phi) is 4.53. The van der Waals surface area contributed by atoms with Crippen LogP contribution in [0.1, 0.15) is 46.0 Å². The number of fused-ring (bicyclic) bond motifs is 3. The van der Waals surface area contributed by atoms with Crippen LogP contribution in [-0.2, 0) is 9.53 Å². The van der Waals surface area contributed by atoms with Gasteiger partial charge in [-0.2, -0.15) is 22.0 Å². The molecule has 0 aromatic rings. The molecule has 0 radical (unpaired) electrons. The molecule has 0 saturated heterocycles. The fourth-order valence-corrected chi connectivity index (χ4v) is 3.84. The summed E-state index contributed by atoms with van der Waals surface area (Å²) < 4.78 is 74.4. The van der Waals surface area contributed by atoms with Crippen molar-refractivity contribution in [2.45, 2.75) is 69.3 Å². The topological polar surface area (TPSA) is 46.5 Å². The summed E-state index contributed by atoms with van der Waals surface area (Å²) in [6, 6.07) is 0. The smallest absolute Gasteiger partial charge is 0.423 e. The molecule has 3 fully saturated rings. The third kappa shape index (κ3) is 2.62. The van der Waals surface area contributed by atoms with Crippen LogP contribution in [0.15, 0.2) is 12.2 Å². The normalized spacial score (nSPS) is 33.0. The first-order valence-electron chi connectivity index (χ1n) is 7.82. The summed E-state index contributed by atoms with van der Waals surface area (Å²) in [5.74, 6) is -7.05. The number of aliphatic hydroxyl groups is 1. The van der Waals surface area contributed by atoms with Gasteiger partial charge >= 0.3 is 18.1 Å². The predicted octanol–water partition coefficient (Wildman–Crippen LogP) is 4.00. The Morgan fingerprint density at radius 3 is 2.00 bits per heavy atom. The maximum absolute atomic E-state index is 15.0. The molecule has 3 saturated carbocycles. The highest BCUT2D eigenvalue weighted by Crippen LogP contribution is 2.60. The van der Waals surface area contributed by atoms with E-state index in [1.54, 1.807) is 0 Å². The zero-order valence-corrected chi connectivity index (χ0v) is 13.6. The lowest BCUT2D eigenvalue weighted by Crippen LogP contribution is -2.72. The van der Waals surface area contributed by atoms with Gasteiger partial charge in [0, 0.05) is 11.5 Å². The van der Waals surface area contributed by atoms with Gasteiger partial charge in [0.25, 0.3) is 0 Å². The highest BCUT2D eigenvalue weighted by molar-refractivity contribution is 5.87. The Morgan fingerprint density at radius 2 is 1.67 bits per heavy atom. The SMILES string of the molecule is C=C(C)C(=O)OC1(C(F)(F)C(C)(O)C(F)(F)F)CC2CCC1CC2. The lowest BCUT2D eigenvalue weighted by molar-refractivity contribution is -0.377. The number of ether oxygens (including phenoxy) is 1. The number of carbonyl (C=O) groups is 1. The van der Waals surface area contributed by atoms with Crippen molar-refractivity contribution >= 4 is 5.97 Å². The molecule has 3 aliphatic rings. The Labute approximate surface area is 136 Å². The van der Waals surface area contributed by atoms with Gasteiger partial charge in [-0.1, -0.05) is 6.58 Å². The molecule has 0 heterocycles. The monoisotopic (exact) mass is 356 g/mol. The largest absolute Gasteiger partial charge is 0.449 e. The van der Waals surface area contributed by atoms with Crippen molar-refractivity contribution in [3.63, 3.8) is 0 Å². The van der Waals surface area contributed by atoms with Crippen molar-refractivity contribution in [3.05, 3.63) is 12.2 Å². The summed E-state index contributed by atoms with van der Waals surface area (Å²) in [5, 5.41) is 9.69. The van der Waals surface area contributed by atoms with Gasteiger partial charge in [-0.05, 0) is 51.9 Å². The fraction of sp³-hybridized carbons (Fsp3) is 0.812. The summed E-state index contributed by atoms with van der Waals surface area (Å²) in [5.41, 5.74) is -7.17. The van der Waals surface area contributed by atoms with Crippen LogP contribution in [0.5, 0.6) is 0 Å². The van der Waals surface area contributed by atoms with E-state index in [9.17, 15) is 23.1 Å². The van der Waals surface area contributed by atoms with Crippen LogP contribution in [0.2, 0.25) is 0 Å². The minimum absolute atomic E-state index is 0.0334. The van der Waals surface area contributed by atoms with Crippen molar-refractivity contribution in [3.8, 4) is 0 Å². The van der Waals surface area contributed by atoms with Gasteiger partial charge < -0.3 is 9.84 Å². The molecule has 2 bridgehead atoms. The van der Waals surface area contributed by atoms with Crippen LogP contribution in [0.25, 0.3) is 0 Å². The molecule has 0 aliphatic heterocycles. The highest BCUT2D eigenvalue weighted by Gasteiger charge is 2.78. The lowest BCUT2D eigenvalue weighted by atomic mass is 9.57. The minimum atomic E-state index is -5.57. The summed E-state index contributed by atoms with van der Waals surface area (Å²) in [6.45, 7) is 4.57. The number of alkyl halides is 5. The van der Waals surface area contributed by atoms with Crippen LogP contribution >= 0.6 is 0 Å². The molecule has 3 aliphatic carbocycles. The molecule has 3 rings (SSSR count). The first-order valence-corrected chi connectivity index (χ1v) is 7.82. The minimum Gasteiger partial charge on any atom is -0.449 e. The zero-order chi connectivity index (χ0) is 18.6. The van der Waals surface area contributed by atoms with Gasteiger partial charge in [-0.3, -0.25) is 0 Å². The summed E-state index contributed by atoms with van der Waals surface area (Å²) in [7, 11) is 0. The number of hydrogen-bond donors (Lipinski definition) is 1. The Hall–Kier alpha value is -1.18. The van der Waals surface area contributed by atoms with E-state index in [2.05, 4.69) is 6.58 Å². The van der Waals surface area contributed by atoms with E-state index in [0.29, 0.717) is 12.8 Å². The Bertz CT molecular complexity index is 532. The van der Waals surface area contributed by atoms with Crippen LogP contribution in [0, 0.1) is 11.8 Å². The second-order valence-corrected chi connectivity index (χ2v) is 7.13. The van der Waals surface area contributed by atoms with E-state index in [4.69, 9.17) is 4.74 Å². The quantitative estimate of drug-likeness (QED) is 0.470. The van der Waals surface area contributed by atoms with Crippen molar-refractivity contribution in [1.29, 1.82) is 0 Å². The maximum atomic E-state index is 15.0. The first-order chi connectivity index (χ1) is 10.8. The number of hydrogen-bond acceptors (Lipinski definition) is 3. The highest BCUT2D eigenvalue weighted by atomic mass is 19.4. The van der Waals surface area contributed by atoms with Gasteiger partial charge in [0.05, 0.1) is 0 Å². The van der Waals surface area contributed by atoms with Crippen molar-refractivity contribution < 1.29 is 36.6 Å². The van der Waals surface area contributed by atoms with Crippen molar-refractivity contribution in [2.24, 2.45) is 11.8 Å². The summed E-state index contributed by atoms with van der Waals surface area (Å²) >= 11 is 0. The second-order valence-electron chi connectivity index (χ2n) is 7.13. The lowest BCUT2D eigenvalue weighted by Gasteiger charge is -2.56. The van der Waals surface area contributed by atoms with Gasteiger partial charge in [0.2, 0.25) is 5.60 Å². The molecule has 0 aromatic carbocycles. The molecule has 8 heteroatoms. The van der Waals surface area contributed by atoms with Crippen LogP contribution in [-0.4, -0.2) is 34.4 Å². The molecular formula is C16H21F5O3. The molecule has 0 aromatic heterocycles. The van der Waals surface area contributed by atoms with E-state index in [1.165, 1.54) is 6.92 Å². The van der Waals surface area contributed by atoms with E-state index in [1.807, 2.05) is 0 Å². The molecule has 2 unspecified atom stereocenters. The molecule has 24 heavy (non-hydrogen) atoms. The van der Waals surface area contributed by atoms with Gasteiger partial charge in [-0.15, -0.1) is 0 Å². The molecule has 1 N–H and O–H groups in total. The summed E-state index contributed by atoms with van der Waals surface area (Å²) in [4.78, 5) is 11.9. The average Bonchev–Trinajstić information content (AvgIpc) is 2.46. The van der Waals surface area contributed by atoms with Crippen LogP contribution in [0.3, 0.4) is 0 Å². The van der Waals surface area contributed by atoms with Gasteiger partial charge in [0.15, 0.2) is 5.60 Å². The number of esters is 1. The van der Waals surface area contributed by atoms with E-state index in [-0.39, 0.29) is 31.3 Å². The molecule has 3 nitrogen and oxygen atoms in total. The molecule has 0 spiro atoms. The average molecular weight is 356 g/mol. The zero-order valence-electron chi connectivity index (χ0n) is 13.6. The number of carbonyl (C=O) groups excluding carboxylic acids is 1. The first kappa shape index (κ1) is 19.1. The van der Waals surface area contributed by atoms with E-state index < -0.39 is 41.6 Å². The molecule has 138 valence electrons. The van der Waals surface area contributed by atoms with Crippen molar-refractivity contribution in [2.75, 3.05) is 0 Å². The predicted molar refractivity (Wildman–Crippen MR) is 75.3 cm³/mol. The Balaban J connectivity index is 2.54. The van der Waals surface area contributed by atoms with E-state index in [0.717, 1.165) is 0 Å². The van der Waals surface area contributed by atoms with Crippen molar-refractivity contribution in [1.82, 2.24) is 0 Å². The maximum Gasteiger partial charge on any atom is 0.423 e. The number of rotatable bonds is 4. The second kappa shape index (κ2) is 5.68. The summed E-state index contributed by atoms with van der Waals surface area (Å²) in [6.07, 6.45) is -4.30. The van der Waals surface area contributed by atoms with Gasteiger partial charge in [-0.25, -0.2) is 4.79 Å². The van der Waals surface area contributed by atoms with Crippen LogP contribution in [0.4, 0.5) is 22.0 Å². The standard InChI is InChI=1S/C16H21F5O3/c1-9(2)12(22)24-14(8-10-4-6-11(14)7-5-10)15(17,18)13(3,23)16(19,20)21/h10-11,23H,1,4-8H2,2-3H3. The third-order valence-corrected chi connectivity index (χ3v) is 5.42. The fourth-order valence-electron chi connectivity index (χ4n) is 3.84. The van der Waals surface area contributed by atoms with E-state index >= 15 is 8.78 Å². The van der Waals surface area contributed by atoms with Gasteiger partial charge in [0.1, 0.15) is 0 Å². The molecule has 2 atom stereocenters. The molecule has 0 amide bonds. The molecular weight excluding hydrogens is 335 g/mol. The van der Waals surface area contributed by atoms with Crippen LogP contribution < -0.4 is 0 Å². The number of halogens is 5.